The van der Waals surface area contributed by atoms with Crippen molar-refractivity contribution in [1.29, 1.82) is 0 Å². The molecule has 0 saturated carbocycles. The van der Waals surface area contributed by atoms with Gasteiger partial charge in [-0.1, -0.05) is 15.9 Å². The lowest BCUT2D eigenvalue weighted by molar-refractivity contribution is 0.0197. The van der Waals surface area contributed by atoms with Crippen LogP contribution in [-0.2, 0) is 0 Å². The molecule has 1 aromatic rings. The van der Waals surface area contributed by atoms with Crippen LogP contribution < -0.4 is 14.8 Å². The van der Waals surface area contributed by atoms with Gasteiger partial charge in [0.15, 0.2) is 11.5 Å². The Bertz CT molecular complexity index is 413. The second-order valence-corrected chi connectivity index (χ2v) is 4.65. The van der Waals surface area contributed by atoms with Crippen molar-refractivity contribution in [3.8, 4) is 11.5 Å². The number of nitrogens with one attached hydrogen (secondary N) is 1. The third-order valence-corrected chi connectivity index (χ3v) is 3.28. The molecule has 1 aliphatic heterocycles. The zero-order chi connectivity index (χ0) is 12.4. The Kier molecular flexibility index (Phi) is 3.88. The second-order valence-electron chi connectivity index (χ2n) is 3.80. The van der Waals surface area contributed by atoms with Crippen molar-refractivity contribution in [3.63, 3.8) is 0 Å². The fraction of sp³-hybridized carbons (Fsp3) is 0.455. The number of benzene rings is 1. The molecule has 0 amide bonds. The van der Waals surface area contributed by atoms with Gasteiger partial charge in [0.1, 0.15) is 6.10 Å². The number of fused-ring (bicyclic) bond motifs is 1. The van der Waals surface area contributed by atoms with Crippen LogP contribution in [0.1, 0.15) is 11.7 Å². The van der Waals surface area contributed by atoms with E-state index < -0.39 is 12.2 Å². The van der Waals surface area contributed by atoms with E-state index in [1.165, 1.54) is 0 Å². The van der Waals surface area contributed by atoms with Crippen LogP contribution >= 0.6 is 15.9 Å². The van der Waals surface area contributed by atoms with Crippen LogP contribution in [0.2, 0.25) is 0 Å². The van der Waals surface area contributed by atoms with Crippen molar-refractivity contribution in [1.82, 2.24) is 5.32 Å². The number of likely N-dealkylation sites (N-methyl/N-ethyl adjacent to an activating group) is 1. The molecule has 1 aliphatic rings. The first kappa shape index (κ1) is 12.6. The van der Waals surface area contributed by atoms with Crippen LogP contribution in [0.15, 0.2) is 16.6 Å². The van der Waals surface area contributed by atoms with Gasteiger partial charge in [0.05, 0.1) is 6.10 Å². The summed E-state index contributed by atoms with van der Waals surface area (Å²) in [5, 5.41) is 22.6. The molecule has 0 bridgehead atoms. The first-order chi connectivity index (χ1) is 8.13. The Morgan fingerprint density at radius 3 is 2.65 bits per heavy atom. The first-order valence-corrected chi connectivity index (χ1v) is 6.02. The maximum absolute atomic E-state index is 10.0. The normalized spacial score (nSPS) is 16.9. The van der Waals surface area contributed by atoms with E-state index in [1.54, 1.807) is 19.2 Å². The molecule has 1 aromatic carbocycles. The number of halogens is 1. The highest BCUT2D eigenvalue weighted by molar-refractivity contribution is 9.10. The van der Waals surface area contributed by atoms with E-state index in [4.69, 9.17) is 9.47 Å². The van der Waals surface area contributed by atoms with Gasteiger partial charge in [-0.2, -0.15) is 0 Å². The first-order valence-electron chi connectivity index (χ1n) is 5.23. The van der Waals surface area contributed by atoms with Crippen molar-refractivity contribution in [3.05, 3.63) is 22.2 Å². The van der Waals surface area contributed by atoms with Gasteiger partial charge in [0, 0.05) is 16.6 Å². The summed E-state index contributed by atoms with van der Waals surface area (Å²) in [7, 11) is 1.71. The number of aliphatic hydroxyl groups is 2. The van der Waals surface area contributed by atoms with Crippen molar-refractivity contribution in [2.24, 2.45) is 0 Å². The van der Waals surface area contributed by atoms with E-state index in [0.29, 0.717) is 28.1 Å². The molecule has 0 saturated heterocycles. The quantitative estimate of drug-likeness (QED) is 0.767. The van der Waals surface area contributed by atoms with Crippen LogP contribution in [0.4, 0.5) is 0 Å². The Labute approximate surface area is 107 Å². The third-order valence-electron chi connectivity index (χ3n) is 2.59. The Hall–Kier alpha value is -0.820. The molecule has 0 aliphatic carbocycles. The summed E-state index contributed by atoms with van der Waals surface area (Å²) < 4.78 is 11.1. The van der Waals surface area contributed by atoms with Crippen LogP contribution in [0, 0.1) is 0 Å². The minimum absolute atomic E-state index is 0.181. The van der Waals surface area contributed by atoms with Gasteiger partial charge < -0.3 is 25.0 Å². The van der Waals surface area contributed by atoms with Crippen molar-refractivity contribution < 1.29 is 19.7 Å². The zero-order valence-corrected chi connectivity index (χ0v) is 10.9. The van der Waals surface area contributed by atoms with E-state index >= 15 is 0 Å². The predicted molar refractivity (Wildman–Crippen MR) is 65.2 cm³/mol. The number of hydrogen-bond acceptors (Lipinski definition) is 5. The van der Waals surface area contributed by atoms with Crippen molar-refractivity contribution >= 4 is 15.9 Å². The standard InChI is InChI=1S/C11H14BrNO4/c1-13-4-8(14)11(15)6-2-9-10(3-7(6)12)17-5-16-9/h2-3,8,11,13-15H,4-5H2,1H3. The molecule has 2 rings (SSSR count). The molecular formula is C11H14BrNO4. The monoisotopic (exact) mass is 303 g/mol. The third kappa shape index (κ3) is 2.55. The average molecular weight is 304 g/mol. The van der Waals surface area contributed by atoms with Gasteiger partial charge >= 0.3 is 0 Å². The van der Waals surface area contributed by atoms with E-state index in [-0.39, 0.29) is 6.79 Å². The average Bonchev–Trinajstić information content (AvgIpc) is 2.74. The lowest BCUT2D eigenvalue weighted by Gasteiger charge is -2.19. The van der Waals surface area contributed by atoms with Crippen LogP contribution in [0.5, 0.6) is 11.5 Å². The highest BCUT2D eigenvalue weighted by atomic mass is 79.9. The maximum atomic E-state index is 10.0. The Morgan fingerprint density at radius 1 is 1.35 bits per heavy atom. The topological polar surface area (TPSA) is 71.0 Å². The second kappa shape index (κ2) is 5.22. The Morgan fingerprint density at radius 2 is 2.00 bits per heavy atom. The van der Waals surface area contributed by atoms with E-state index in [9.17, 15) is 10.2 Å². The molecule has 2 unspecified atom stereocenters. The molecule has 1 heterocycles. The number of hydrogen-bond donors (Lipinski definition) is 3. The molecule has 2 atom stereocenters. The molecular weight excluding hydrogens is 290 g/mol. The minimum atomic E-state index is -0.980. The summed E-state index contributed by atoms with van der Waals surface area (Å²) in [5.41, 5.74) is 0.581. The highest BCUT2D eigenvalue weighted by Crippen LogP contribution is 2.39. The van der Waals surface area contributed by atoms with Gasteiger partial charge in [-0.05, 0) is 19.2 Å². The molecule has 3 N–H and O–H groups in total. The van der Waals surface area contributed by atoms with Crippen LogP contribution in [-0.4, -0.2) is 36.7 Å². The van der Waals surface area contributed by atoms with E-state index in [1.807, 2.05) is 0 Å². The predicted octanol–water partition coefficient (Wildman–Crippen LogP) is 0.791. The summed E-state index contributed by atoms with van der Waals surface area (Å²) >= 11 is 3.34. The van der Waals surface area contributed by atoms with Gasteiger partial charge in [0.2, 0.25) is 6.79 Å². The van der Waals surface area contributed by atoms with Gasteiger partial charge in [0.25, 0.3) is 0 Å². The lowest BCUT2D eigenvalue weighted by Crippen LogP contribution is -2.29. The molecule has 6 heteroatoms. The summed E-state index contributed by atoms with van der Waals surface area (Å²) in [6, 6.07) is 3.41. The molecule has 94 valence electrons. The smallest absolute Gasteiger partial charge is 0.231 e. The zero-order valence-electron chi connectivity index (χ0n) is 9.31. The highest BCUT2D eigenvalue weighted by Gasteiger charge is 2.24. The van der Waals surface area contributed by atoms with Crippen molar-refractivity contribution in [2.45, 2.75) is 12.2 Å². The molecule has 5 nitrogen and oxygen atoms in total. The molecule has 0 aromatic heterocycles. The lowest BCUT2D eigenvalue weighted by atomic mass is 10.0. The summed E-state index contributed by atoms with van der Waals surface area (Å²) in [6.07, 6.45) is -1.86. The molecule has 0 radical (unpaired) electrons. The van der Waals surface area contributed by atoms with E-state index in [0.717, 1.165) is 0 Å². The molecule has 0 spiro atoms. The molecule has 17 heavy (non-hydrogen) atoms. The van der Waals surface area contributed by atoms with E-state index in [2.05, 4.69) is 21.2 Å². The van der Waals surface area contributed by atoms with Gasteiger partial charge in [-0.3, -0.25) is 0 Å². The van der Waals surface area contributed by atoms with Crippen LogP contribution in [0.25, 0.3) is 0 Å². The minimum Gasteiger partial charge on any atom is -0.454 e. The van der Waals surface area contributed by atoms with Gasteiger partial charge in [-0.25, -0.2) is 0 Å². The SMILES string of the molecule is CNCC(O)C(O)c1cc2c(cc1Br)OCO2. The number of rotatable bonds is 4. The fourth-order valence-corrected chi connectivity index (χ4v) is 2.24. The number of ether oxygens (including phenoxy) is 2. The maximum Gasteiger partial charge on any atom is 0.231 e. The van der Waals surface area contributed by atoms with Crippen molar-refractivity contribution in [2.75, 3.05) is 20.4 Å². The summed E-state index contributed by atoms with van der Waals surface area (Å²) in [5.74, 6) is 1.22. The molecule has 0 fully saturated rings. The van der Waals surface area contributed by atoms with Gasteiger partial charge in [-0.15, -0.1) is 0 Å². The summed E-state index contributed by atoms with van der Waals surface area (Å²) in [6.45, 7) is 0.489. The number of aliphatic hydroxyl groups excluding tert-OH is 2. The largest absolute Gasteiger partial charge is 0.454 e. The van der Waals surface area contributed by atoms with Crippen LogP contribution in [0.3, 0.4) is 0 Å². The fourth-order valence-electron chi connectivity index (χ4n) is 1.69. The summed E-state index contributed by atoms with van der Waals surface area (Å²) in [4.78, 5) is 0. The Balaban J connectivity index is 2.26.